The van der Waals surface area contributed by atoms with E-state index in [4.69, 9.17) is 4.74 Å². The van der Waals surface area contributed by atoms with Crippen molar-refractivity contribution in [3.05, 3.63) is 28.8 Å². The summed E-state index contributed by atoms with van der Waals surface area (Å²) in [5.74, 6) is -0.0728. The van der Waals surface area contributed by atoms with Crippen molar-refractivity contribution in [3.8, 4) is 0 Å². The van der Waals surface area contributed by atoms with Crippen LogP contribution in [-0.2, 0) is 19.6 Å². The van der Waals surface area contributed by atoms with E-state index in [0.29, 0.717) is 36.9 Å². The summed E-state index contributed by atoms with van der Waals surface area (Å²) in [6, 6.07) is 3.94. The average Bonchev–Trinajstić information content (AvgIpc) is 3.19. The Labute approximate surface area is 181 Å². The van der Waals surface area contributed by atoms with Crippen LogP contribution in [0.25, 0.3) is 0 Å². The third-order valence-electron chi connectivity index (χ3n) is 6.36. The molecule has 2 aliphatic rings. The molecule has 0 aromatic heterocycles. The molecule has 1 amide bonds. The van der Waals surface area contributed by atoms with E-state index < -0.39 is 10.0 Å². The Hall–Kier alpha value is -1.44. The molecule has 0 spiro atoms. The SMILES string of the molecule is Cc1cc(C)c(S(=O)(=O)N2CCC(C(=O)NC(C)CCC3CCCO3)CC2)c(C)c1. The molecule has 30 heavy (non-hydrogen) atoms. The summed E-state index contributed by atoms with van der Waals surface area (Å²) in [5.41, 5.74) is 2.63. The molecule has 3 rings (SSSR count). The Bertz CT molecular complexity index is 831. The molecule has 2 fully saturated rings. The van der Waals surface area contributed by atoms with Crippen LogP contribution in [0, 0.1) is 26.7 Å². The highest BCUT2D eigenvalue weighted by Crippen LogP contribution is 2.29. The molecule has 1 aromatic carbocycles. The van der Waals surface area contributed by atoms with Crippen molar-refractivity contribution in [2.45, 2.75) is 83.3 Å². The fraction of sp³-hybridized carbons (Fsp3) is 0.696. The van der Waals surface area contributed by atoms with Crippen molar-refractivity contribution in [2.24, 2.45) is 5.92 Å². The molecular formula is C23H36N2O4S. The first-order valence-electron chi connectivity index (χ1n) is 11.2. The Morgan fingerprint density at radius 2 is 1.80 bits per heavy atom. The molecule has 2 unspecified atom stereocenters. The summed E-state index contributed by atoms with van der Waals surface area (Å²) in [6.07, 6.45) is 5.61. The minimum absolute atomic E-state index is 0.0505. The molecule has 1 N–H and O–H groups in total. The molecular weight excluding hydrogens is 400 g/mol. The first-order chi connectivity index (χ1) is 14.2. The van der Waals surface area contributed by atoms with Gasteiger partial charge in [0, 0.05) is 31.7 Å². The normalized spacial score (nSPS) is 22.2. The highest BCUT2D eigenvalue weighted by Gasteiger charge is 2.34. The maximum atomic E-state index is 13.2. The van der Waals surface area contributed by atoms with Gasteiger partial charge in [-0.25, -0.2) is 8.42 Å². The lowest BCUT2D eigenvalue weighted by molar-refractivity contribution is -0.126. The van der Waals surface area contributed by atoms with Crippen LogP contribution >= 0.6 is 0 Å². The summed E-state index contributed by atoms with van der Waals surface area (Å²) in [4.78, 5) is 13.1. The molecule has 0 saturated carbocycles. The van der Waals surface area contributed by atoms with Crippen LogP contribution in [-0.4, -0.2) is 50.5 Å². The van der Waals surface area contributed by atoms with Crippen LogP contribution in [0.1, 0.15) is 62.1 Å². The zero-order valence-electron chi connectivity index (χ0n) is 18.7. The fourth-order valence-corrected chi connectivity index (χ4v) is 6.68. The van der Waals surface area contributed by atoms with Crippen molar-refractivity contribution in [1.29, 1.82) is 0 Å². The van der Waals surface area contributed by atoms with E-state index in [2.05, 4.69) is 5.32 Å². The van der Waals surface area contributed by atoms with E-state index >= 15 is 0 Å². The van der Waals surface area contributed by atoms with Gasteiger partial charge in [-0.3, -0.25) is 4.79 Å². The molecule has 0 radical (unpaired) electrons. The minimum Gasteiger partial charge on any atom is -0.378 e. The van der Waals surface area contributed by atoms with E-state index in [1.54, 1.807) is 4.31 Å². The number of benzene rings is 1. The molecule has 168 valence electrons. The van der Waals surface area contributed by atoms with Crippen molar-refractivity contribution < 1.29 is 17.9 Å². The molecule has 0 aliphatic carbocycles. The highest BCUT2D eigenvalue weighted by atomic mass is 32.2. The summed E-state index contributed by atoms with van der Waals surface area (Å²) < 4.78 is 33.6. The van der Waals surface area contributed by atoms with Gasteiger partial charge in [0.05, 0.1) is 11.0 Å². The Balaban J connectivity index is 1.53. The Morgan fingerprint density at radius 3 is 2.37 bits per heavy atom. The number of nitrogens with one attached hydrogen (secondary N) is 1. The Morgan fingerprint density at radius 1 is 1.17 bits per heavy atom. The number of carbonyl (C=O) groups is 1. The van der Waals surface area contributed by atoms with Gasteiger partial charge in [0.25, 0.3) is 0 Å². The lowest BCUT2D eigenvalue weighted by Gasteiger charge is -2.32. The molecule has 6 nitrogen and oxygen atoms in total. The van der Waals surface area contributed by atoms with Gasteiger partial charge < -0.3 is 10.1 Å². The van der Waals surface area contributed by atoms with E-state index in [9.17, 15) is 13.2 Å². The summed E-state index contributed by atoms with van der Waals surface area (Å²) in [6.45, 7) is 9.34. The zero-order valence-corrected chi connectivity index (χ0v) is 19.6. The second-order valence-corrected chi connectivity index (χ2v) is 10.9. The predicted molar refractivity (Wildman–Crippen MR) is 118 cm³/mol. The monoisotopic (exact) mass is 436 g/mol. The lowest BCUT2D eigenvalue weighted by atomic mass is 9.96. The smallest absolute Gasteiger partial charge is 0.243 e. The maximum Gasteiger partial charge on any atom is 0.243 e. The molecule has 2 atom stereocenters. The molecule has 0 bridgehead atoms. The molecule has 2 heterocycles. The van der Waals surface area contributed by atoms with Crippen LogP contribution in [0.2, 0.25) is 0 Å². The largest absolute Gasteiger partial charge is 0.378 e. The van der Waals surface area contributed by atoms with Crippen LogP contribution in [0.15, 0.2) is 17.0 Å². The predicted octanol–water partition coefficient (Wildman–Crippen LogP) is 3.48. The second kappa shape index (κ2) is 9.79. The average molecular weight is 437 g/mol. The standard InChI is InChI=1S/C23H36N2O4S/c1-16-14-17(2)22(18(3)15-16)30(27,28)25-11-9-20(10-12-25)23(26)24-19(4)7-8-21-6-5-13-29-21/h14-15,19-21H,5-13H2,1-4H3,(H,24,26). The van der Waals surface area contributed by atoms with E-state index in [1.807, 2.05) is 39.8 Å². The number of sulfonamides is 1. The number of carbonyl (C=O) groups excluding carboxylic acids is 1. The third kappa shape index (κ3) is 5.42. The van der Waals surface area contributed by atoms with Crippen molar-refractivity contribution in [3.63, 3.8) is 0 Å². The van der Waals surface area contributed by atoms with Gasteiger partial charge in [-0.05, 0) is 77.3 Å². The van der Waals surface area contributed by atoms with Crippen LogP contribution < -0.4 is 5.32 Å². The first kappa shape index (κ1) is 23.2. The number of hydrogen-bond acceptors (Lipinski definition) is 4. The van der Waals surface area contributed by atoms with Gasteiger partial charge in [-0.1, -0.05) is 17.7 Å². The molecule has 7 heteroatoms. The van der Waals surface area contributed by atoms with Gasteiger partial charge in [0.1, 0.15) is 0 Å². The van der Waals surface area contributed by atoms with Gasteiger partial charge in [0.2, 0.25) is 15.9 Å². The second-order valence-electron chi connectivity index (χ2n) is 9.03. The highest BCUT2D eigenvalue weighted by molar-refractivity contribution is 7.89. The van der Waals surface area contributed by atoms with E-state index in [1.165, 1.54) is 0 Å². The van der Waals surface area contributed by atoms with Crippen molar-refractivity contribution >= 4 is 15.9 Å². The third-order valence-corrected chi connectivity index (χ3v) is 8.57. The van der Waals surface area contributed by atoms with Gasteiger partial charge in [-0.15, -0.1) is 0 Å². The topological polar surface area (TPSA) is 75.7 Å². The Kier molecular flexibility index (Phi) is 7.58. The number of hydrogen-bond donors (Lipinski definition) is 1. The van der Waals surface area contributed by atoms with Crippen molar-refractivity contribution in [2.75, 3.05) is 19.7 Å². The van der Waals surface area contributed by atoms with Crippen molar-refractivity contribution in [1.82, 2.24) is 9.62 Å². The fourth-order valence-electron chi connectivity index (χ4n) is 4.80. The number of rotatable bonds is 7. The summed E-state index contributed by atoms with van der Waals surface area (Å²) >= 11 is 0. The quantitative estimate of drug-likeness (QED) is 0.710. The van der Waals surface area contributed by atoms with Crippen LogP contribution in [0.5, 0.6) is 0 Å². The van der Waals surface area contributed by atoms with Gasteiger partial charge in [0.15, 0.2) is 0 Å². The number of nitrogens with zero attached hydrogens (tertiary/aromatic N) is 1. The maximum absolute atomic E-state index is 13.2. The van der Waals surface area contributed by atoms with Gasteiger partial charge in [-0.2, -0.15) is 4.31 Å². The molecule has 2 aliphatic heterocycles. The van der Waals surface area contributed by atoms with Gasteiger partial charge >= 0.3 is 0 Å². The van der Waals surface area contributed by atoms with E-state index in [0.717, 1.165) is 49.0 Å². The van der Waals surface area contributed by atoms with Crippen LogP contribution in [0.3, 0.4) is 0 Å². The molecule has 1 aromatic rings. The molecule has 2 saturated heterocycles. The van der Waals surface area contributed by atoms with E-state index in [-0.39, 0.29) is 17.9 Å². The number of aryl methyl sites for hydroxylation is 3. The van der Waals surface area contributed by atoms with Crippen LogP contribution in [0.4, 0.5) is 0 Å². The number of amides is 1. The summed E-state index contributed by atoms with van der Waals surface area (Å²) in [7, 11) is -3.54. The summed E-state index contributed by atoms with van der Waals surface area (Å²) in [5, 5.41) is 3.12. The number of piperidine rings is 1. The zero-order chi connectivity index (χ0) is 21.9. The first-order valence-corrected chi connectivity index (χ1v) is 12.6. The minimum atomic E-state index is -3.54. The number of ether oxygens (including phenoxy) is 1. The lowest BCUT2D eigenvalue weighted by Crippen LogP contribution is -2.45.